The average molecular weight is 234 g/mol. The molecule has 0 aliphatic heterocycles. The average Bonchev–Trinajstić information content (AvgIpc) is 2.37. The molecule has 0 aromatic heterocycles. The number of aryl methyl sites for hydroxylation is 2. The van der Waals surface area contributed by atoms with Gasteiger partial charge in [-0.05, 0) is 30.4 Å². The number of anilines is 1. The lowest BCUT2D eigenvalue weighted by Gasteiger charge is -2.16. The molecule has 17 heavy (non-hydrogen) atoms. The van der Waals surface area contributed by atoms with E-state index in [9.17, 15) is 4.79 Å². The summed E-state index contributed by atoms with van der Waals surface area (Å²) in [5, 5.41) is 2.97. The maximum atomic E-state index is 11.8. The molecule has 94 valence electrons. The topological polar surface area (TPSA) is 55.1 Å². The minimum atomic E-state index is -0.426. The lowest BCUT2D eigenvalue weighted by atomic mass is 10.0. The number of hydrogen-bond acceptors (Lipinski definition) is 2. The fourth-order valence-corrected chi connectivity index (χ4v) is 1.80. The van der Waals surface area contributed by atoms with E-state index in [0.29, 0.717) is 6.42 Å². The van der Waals surface area contributed by atoms with Gasteiger partial charge in [0, 0.05) is 5.69 Å². The van der Waals surface area contributed by atoms with Gasteiger partial charge in [-0.2, -0.15) is 0 Å². The number of nitrogens with one attached hydrogen (secondary N) is 1. The highest BCUT2D eigenvalue weighted by Crippen LogP contribution is 2.22. The van der Waals surface area contributed by atoms with E-state index in [2.05, 4.69) is 19.2 Å². The summed E-state index contributed by atoms with van der Waals surface area (Å²) < 4.78 is 0. The van der Waals surface area contributed by atoms with Crippen LogP contribution in [0.15, 0.2) is 18.2 Å². The largest absolute Gasteiger partial charge is 0.324 e. The van der Waals surface area contributed by atoms with Gasteiger partial charge in [0.1, 0.15) is 0 Å². The van der Waals surface area contributed by atoms with E-state index in [1.165, 1.54) is 11.1 Å². The Balaban J connectivity index is 2.99. The predicted octanol–water partition coefficient (Wildman–Crippen LogP) is 2.49. The van der Waals surface area contributed by atoms with Crippen molar-refractivity contribution in [1.82, 2.24) is 0 Å². The fraction of sp³-hybridized carbons (Fsp3) is 0.500. The lowest BCUT2D eigenvalue weighted by Crippen LogP contribution is -2.35. The summed E-state index contributed by atoms with van der Waals surface area (Å²) in [6, 6.07) is 5.70. The first kappa shape index (κ1) is 13.7. The number of nitrogens with two attached hydrogens (primary N) is 1. The Morgan fingerprint density at radius 2 is 1.76 bits per heavy atom. The third-order valence-electron chi connectivity index (χ3n) is 3.02. The van der Waals surface area contributed by atoms with Gasteiger partial charge in [-0.25, -0.2) is 0 Å². The van der Waals surface area contributed by atoms with Crippen LogP contribution in [0.25, 0.3) is 0 Å². The van der Waals surface area contributed by atoms with E-state index >= 15 is 0 Å². The van der Waals surface area contributed by atoms with Crippen molar-refractivity contribution in [2.24, 2.45) is 5.73 Å². The summed E-state index contributed by atoms with van der Waals surface area (Å²) >= 11 is 0. The van der Waals surface area contributed by atoms with Gasteiger partial charge in [0.15, 0.2) is 0 Å². The number of rotatable bonds is 5. The SMILES string of the molecule is CCc1cccc(CC)c1NC(=O)[C@@H](N)CC. The molecule has 3 heteroatoms. The van der Waals surface area contributed by atoms with Crippen molar-refractivity contribution in [2.75, 3.05) is 5.32 Å². The molecule has 1 amide bonds. The molecule has 0 radical (unpaired) electrons. The Labute approximate surface area is 103 Å². The number of carbonyl (C=O) groups excluding carboxylic acids is 1. The van der Waals surface area contributed by atoms with Crippen molar-refractivity contribution in [1.29, 1.82) is 0 Å². The van der Waals surface area contributed by atoms with Crippen molar-refractivity contribution >= 4 is 11.6 Å². The number of para-hydroxylation sites is 1. The molecule has 0 heterocycles. The Morgan fingerprint density at radius 1 is 1.24 bits per heavy atom. The molecular weight excluding hydrogens is 212 g/mol. The van der Waals surface area contributed by atoms with Crippen molar-refractivity contribution < 1.29 is 4.79 Å². The molecular formula is C14H22N2O. The maximum Gasteiger partial charge on any atom is 0.241 e. The standard InChI is InChI=1S/C14H22N2O/c1-4-10-8-7-9-11(5-2)13(10)16-14(17)12(15)6-3/h7-9,12H,4-6,15H2,1-3H3,(H,16,17)/t12-/m0/s1. The first-order chi connectivity index (χ1) is 8.13. The van der Waals surface area contributed by atoms with Gasteiger partial charge in [-0.3, -0.25) is 4.79 Å². The van der Waals surface area contributed by atoms with Crippen LogP contribution >= 0.6 is 0 Å². The zero-order chi connectivity index (χ0) is 12.8. The number of carbonyl (C=O) groups is 1. The molecule has 0 spiro atoms. The van der Waals surface area contributed by atoms with Crippen LogP contribution in [0, 0.1) is 0 Å². The van der Waals surface area contributed by atoms with Crippen LogP contribution in [0.3, 0.4) is 0 Å². The lowest BCUT2D eigenvalue weighted by molar-refractivity contribution is -0.117. The van der Waals surface area contributed by atoms with Crippen molar-refractivity contribution in [3.8, 4) is 0 Å². The summed E-state index contributed by atoms with van der Waals surface area (Å²) in [6.07, 6.45) is 2.47. The molecule has 0 fully saturated rings. The third-order valence-corrected chi connectivity index (χ3v) is 3.02. The molecule has 0 saturated carbocycles. The highest BCUT2D eigenvalue weighted by molar-refractivity contribution is 5.96. The van der Waals surface area contributed by atoms with E-state index in [4.69, 9.17) is 5.73 Å². The van der Waals surface area contributed by atoms with Crippen LogP contribution in [0.1, 0.15) is 38.3 Å². The second-order valence-electron chi connectivity index (χ2n) is 4.16. The monoisotopic (exact) mass is 234 g/mol. The molecule has 0 aliphatic carbocycles. The molecule has 1 atom stereocenters. The first-order valence-corrected chi connectivity index (χ1v) is 6.31. The fourth-order valence-electron chi connectivity index (χ4n) is 1.80. The van der Waals surface area contributed by atoms with Crippen molar-refractivity contribution in [3.05, 3.63) is 29.3 Å². The molecule has 0 saturated heterocycles. The summed E-state index contributed by atoms with van der Waals surface area (Å²) in [4.78, 5) is 11.8. The van der Waals surface area contributed by atoms with Crippen molar-refractivity contribution in [3.63, 3.8) is 0 Å². The van der Waals surface area contributed by atoms with Gasteiger partial charge < -0.3 is 11.1 Å². The van der Waals surface area contributed by atoms with E-state index in [-0.39, 0.29) is 5.91 Å². The Kier molecular flexibility index (Phi) is 5.16. The minimum absolute atomic E-state index is 0.0944. The zero-order valence-electron chi connectivity index (χ0n) is 10.9. The van der Waals surface area contributed by atoms with E-state index < -0.39 is 6.04 Å². The van der Waals surface area contributed by atoms with Crippen LogP contribution in [0.2, 0.25) is 0 Å². The van der Waals surface area contributed by atoms with Gasteiger partial charge in [0.2, 0.25) is 5.91 Å². The Hall–Kier alpha value is -1.35. The smallest absolute Gasteiger partial charge is 0.241 e. The maximum absolute atomic E-state index is 11.8. The molecule has 0 aliphatic rings. The molecule has 3 N–H and O–H groups in total. The quantitative estimate of drug-likeness (QED) is 0.822. The highest BCUT2D eigenvalue weighted by atomic mass is 16.2. The third kappa shape index (κ3) is 3.30. The van der Waals surface area contributed by atoms with E-state index in [0.717, 1.165) is 18.5 Å². The van der Waals surface area contributed by atoms with Crippen LogP contribution < -0.4 is 11.1 Å². The minimum Gasteiger partial charge on any atom is -0.324 e. The van der Waals surface area contributed by atoms with E-state index in [1.807, 2.05) is 25.1 Å². The number of benzene rings is 1. The van der Waals surface area contributed by atoms with Crippen LogP contribution in [0.4, 0.5) is 5.69 Å². The van der Waals surface area contributed by atoms with E-state index in [1.54, 1.807) is 0 Å². The number of amides is 1. The van der Waals surface area contributed by atoms with Crippen molar-refractivity contribution in [2.45, 2.75) is 46.1 Å². The molecule has 0 bridgehead atoms. The second kappa shape index (κ2) is 6.40. The first-order valence-electron chi connectivity index (χ1n) is 6.31. The Morgan fingerprint density at radius 3 is 2.18 bits per heavy atom. The van der Waals surface area contributed by atoms with Gasteiger partial charge >= 0.3 is 0 Å². The normalized spacial score (nSPS) is 12.2. The van der Waals surface area contributed by atoms with Gasteiger partial charge in [0.05, 0.1) is 6.04 Å². The van der Waals surface area contributed by atoms with Crippen LogP contribution in [0.5, 0.6) is 0 Å². The summed E-state index contributed by atoms with van der Waals surface area (Å²) in [6.45, 7) is 6.09. The van der Waals surface area contributed by atoms with Crippen LogP contribution in [-0.2, 0) is 17.6 Å². The molecule has 3 nitrogen and oxygen atoms in total. The van der Waals surface area contributed by atoms with Gasteiger partial charge in [0.25, 0.3) is 0 Å². The molecule has 0 unspecified atom stereocenters. The summed E-state index contributed by atoms with van der Waals surface area (Å²) in [5.41, 5.74) is 9.02. The van der Waals surface area contributed by atoms with Gasteiger partial charge in [-0.15, -0.1) is 0 Å². The second-order valence-corrected chi connectivity index (χ2v) is 4.16. The molecule has 1 aromatic rings. The molecule has 1 aromatic carbocycles. The number of hydrogen-bond donors (Lipinski definition) is 2. The van der Waals surface area contributed by atoms with Gasteiger partial charge in [-0.1, -0.05) is 39.0 Å². The van der Waals surface area contributed by atoms with Crippen LogP contribution in [-0.4, -0.2) is 11.9 Å². The summed E-state index contributed by atoms with van der Waals surface area (Å²) in [5.74, 6) is -0.0944. The highest BCUT2D eigenvalue weighted by Gasteiger charge is 2.14. The molecule has 1 rings (SSSR count). The Bertz CT molecular complexity index is 366. The zero-order valence-corrected chi connectivity index (χ0v) is 10.9. The predicted molar refractivity (Wildman–Crippen MR) is 72.1 cm³/mol. The summed E-state index contributed by atoms with van der Waals surface area (Å²) in [7, 11) is 0.